The van der Waals surface area contributed by atoms with Gasteiger partial charge in [0.1, 0.15) is 0 Å². The Bertz CT molecular complexity index is 1020. The third kappa shape index (κ3) is 4.89. The number of aliphatic carboxylic acids is 1. The molecule has 0 atom stereocenters. The quantitative estimate of drug-likeness (QED) is 0.267. The maximum Gasteiger partial charge on any atom is 1.00 e. The molecular weight excluding hydrogens is 392 g/mol. The van der Waals surface area contributed by atoms with Crippen LogP contribution < -0.4 is 85.1 Å². The van der Waals surface area contributed by atoms with Gasteiger partial charge in [0.2, 0.25) is 10.9 Å². The fourth-order valence-electron chi connectivity index (χ4n) is 3.69. The Morgan fingerprint density at radius 2 is 1.79 bits per heavy atom. The van der Waals surface area contributed by atoms with Gasteiger partial charge in [-0.15, -0.1) is 0 Å². The second kappa shape index (κ2) is 9.94. The molecule has 0 unspecified atom stereocenters. The topological polar surface area (TPSA) is 101 Å². The molecule has 0 radical (unpaired) electrons. The number of carboxylic acids is 1. The second-order valence-electron chi connectivity index (χ2n) is 7.56. The van der Waals surface area contributed by atoms with Gasteiger partial charge in [0.25, 0.3) is 0 Å². The SMILES string of the molecule is Cc1ccc2c(c1)C(C)(C)C(=Cc1c([O-])c(=O)c1=O)N2CCCCC(=O)[O-].[Na+].[Na+]. The van der Waals surface area contributed by atoms with Crippen LogP contribution in [-0.4, -0.2) is 12.5 Å². The largest absolute Gasteiger partial charge is 1.00 e. The number of anilines is 1. The summed E-state index contributed by atoms with van der Waals surface area (Å²) in [5.41, 5.74) is 1.66. The van der Waals surface area contributed by atoms with E-state index in [1.165, 1.54) is 6.08 Å². The molecule has 0 saturated heterocycles. The molecule has 0 bridgehead atoms. The number of carboxylic acid groups (broad SMARTS) is 1. The van der Waals surface area contributed by atoms with Crippen molar-refractivity contribution in [1.29, 1.82) is 0 Å². The third-order valence-electron chi connectivity index (χ3n) is 5.24. The average molecular weight is 413 g/mol. The van der Waals surface area contributed by atoms with Crippen LogP contribution in [-0.2, 0) is 10.2 Å². The molecule has 0 amide bonds. The van der Waals surface area contributed by atoms with Gasteiger partial charge in [-0.1, -0.05) is 31.5 Å². The summed E-state index contributed by atoms with van der Waals surface area (Å²) in [6.45, 7) is 6.55. The molecular formula is C21H21NNa2O5. The molecule has 2 aromatic carbocycles. The first kappa shape index (κ1) is 26.1. The molecule has 3 rings (SSSR count). The molecule has 2 aromatic rings. The van der Waals surface area contributed by atoms with Crippen LogP contribution in [0.1, 0.15) is 49.8 Å². The van der Waals surface area contributed by atoms with Crippen LogP contribution in [0.3, 0.4) is 0 Å². The average Bonchev–Trinajstić information content (AvgIpc) is 2.82. The van der Waals surface area contributed by atoms with Crippen molar-refractivity contribution in [1.82, 2.24) is 0 Å². The smallest absolute Gasteiger partial charge is 0.869 e. The summed E-state index contributed by atoms with van der Waals surface area (Å²) in [6.07, 6.45) is 2.60. The van der Waals surface area contributed by atoms with Gasteiger partial charge in [0.15, 0.2) is 0 Å². The molecule has 1 heterocycles. The fourth-order valence-corrected chi connectivity index (χ4v) is 3.69. The maximum atomic E-state index is 11.8. The van der Waals surface area contributed by atoms with E-state index in [4.69, 9.17) is 0 Å². The van der Waals surface area contributed by atoms with Gasteiger partial charge in [-0.3, -0.25) is 9.59 Å². The minimum absolute atomic E-state index is 0. The summed E-state index contributed by atoms with van der Waals surface area (Å²) in [4.78, 5) is 35.8. The first-order valence-corrected chi connectivity index (χ1v) is 8.95. The Kier molecular flexibility index (Phi) is 8.97. The van der Waals surface area contributed by atoms with E-state index in [2.05, 4.69) is 6.07 Å². The third-order valence-corrected chi connectivity index (χ3v) is 5.24. The zero-order chi connectivity index (χ0) is 19.9. The van der Waals surface area contributed by atoms with Crippen molar-refractivity contribution in [3.8, 4) is 5.75 Å². The summed E-state index contributed by atoms with van der Waals surface area (Å²) < 4.78 is 0. The zero-order valence-electron chi connectivity index (χ0n) is 17.6. The van der Waals surface area contributed by atoms with Gasteiger partial charge in [0, 0.05) is 34.9 Å². The molecule has 0 N–H and O–H groups in total. The molecule has 6 nitrogen and oxygen atoms in total. The molecule has 0 saturated carbocycles. The predicted octanol–water partition coefficient (Wildman–Crippen LogP) is -5.27. The van der Waals surface area contributed by atoms with Crippen LogP contribution >= 0.6 is 0 Å². The van der Waals surface area contributed by atoms with E-state index < -0.39 is 28.0 Å². The first-order valence-electron chi connectivity index (χ1n) is 8.95. The van der Waals surface area contributed by atoms with Crippen LogP contribution in [0.25, 0.3) is 6.08 Å². The van der Waals surface area contributed by atoms with Gasteiger partial charge in [-0.25, -0.2) is 0 Å². The molecule has 0 aromatic heterocycles. The van der Waals surface area contributed by atoms with Crippen molar-refractivity contribution in [3.05, 3.63) is 61.0 Å². The summed E-state index contributed by atoms with van der Waals surface area (Å²) in [5.74, 6) is -1.82. The molecule has 29 heavy (non-hydrogen) atoms. The monoisotopic (exact) mass is 413 g/mol. The number of aryl methyl sites for hydroxylation is 1. The van der Waals surface area contributed by atoms with Crippen molar-refractivity contribution in [2.75, 3.05) is 11.4 Å². The van der Waals surface area contributed by atoms with Crippen molar-refractivity contribution in [3.63, 3.8) is 0 Å². The van der Waals surface area contributed by atoms with Gasteiger partial charge in [0.05, 0.1) is 0 Å². The number of unbranched alkanes of at least 4 members (excludes halogenated alkanes) is 1. The summed E-state index contributed by atoms with van der Waals surface area (Å²) in [5, 5.41) is 22.4. The van der Waals surface area contributed by atoms with E-state index in [0.717, 1.165) is 22.5 Å². The molecule has 1 aliphatic rings. The summed E-state index contributed by atoms with van der Waals surface area (Å²) in [6, 6.07) is 6.05. The van der Waals surface area contributed by atoms with Gasteiger partial charge in [-0.2, -0.15) is 0 Å². The maximum absolute atomic E-state index is 11.8. The number of benzene rings is 1. The second-order valence-corrected chi connectivity index (χ2v) is 7.56. The van der Waals surface area contributed by atoms with Crippen LogP contribution in [0.2, 0.25) is 0 Å². The number of allylic oxidation sites excluding steroid dienone is 1. The van der Waals surface area contributed by atoms with Gasteiger partial charge >= 0.3 is 59.1 Å². The number of nitrogens with zero attached hydrogens (tertiary/aromatic N) is 1. The Morgan fingerprint density at radius 1 is 1.14 bits per heavy atom. The van der Waals surface area contributed by atoms with E-state index in [1.807, 2.05) is 37.8 Å². The number of hydrogen-bond acceptors (Lipinski definition) is 6. The number of carbonyl (C=O) groups is 1. The van der Waals surface area contributed by atoms with E-state index in [1.54, 1.807) is 0 Å². The minimum atomic E-state index is -1.08. The Labute approximate surface area is 213 Å². The van der Waals surface area contributed by atoms with Crippen molar-refractivity contribution < 1.29 is 74.1 Å². The summed E-state index contributed by atoms with van der Waals surface area (Å²) >= 11 is 0. The number of carbonyl (C=O) groups excluding carboxylic acids is 1. The molecule has 0 spiro atoms. The van der Waals surface area contributed by atoms with E-state index in [-0.39, 0.29) is 71.1 Å². The van der Waals surface area contributed by atoms with Crippen LogP contribution in [0.5, 0.6) is 5.75 Å². The standard InChI is InChI=1S/C21H23NO5.2Na/c1-12-7-8-15-14(10-12)21(2,3)16(11-13-18(25)20(27)19(13)26)22(15)9-5-4-6-17(23)24;;/h7-8,10-11,25H,4-6,9H2,1-3H3,(H,23,24);;/q;2*+1/p-2. The van der Waals surface area contributed by atoms with Crippen molar-refractivity contribution >= 4 is 17.7 Å². The van der Waals surface area contributed by atoms with Crippen molar-refractivity contribution in [2.24, 2.45) is 0 Å². The predicted molar refractivity (Wildman–Crippen MR) is 99.2 cm³/mol. The normalized spacial score (nSPS) is 15.7. The Morgan fingerprint density at radius 3 is 2.38 bits per heavy atom. The first-order chi connectivity index (χ1) is 12.6. The molecule has 8 heteroatoms. The molecule has 142 valence electrons. The number of fused-ring (bicyclic) bond motifs is 1. The van der Waals surface area contributed by atoms with Crippen LogP contribution in [0, 0.1) is 6.92 Å². The molecule has 0 fully saturated rings. The number of hydrogen-bond donors (Lipinski definition) is 0. The van der Waals surface area contributed by atoms with Crippen LogP contribution in [0.4, 0.5) is 5.69 Å². The zero-order valence-corrected chi connectivity index (χ0v) is 21.6. The van der Waals surface area contributed by atoms with Gasteiger partial charge < -0.3 is 19.9 Å². The fraction of sp³-hybridized carbons (Fsp3) is 0.381. The van der Waals surface area contributed by atoms with Crippen LogP contribution in [0.15, 0.2) is 33.5 Å². The van der Waals surface area contributed by atoms with E-state index >= 15 is 0 Å². The number of rotatable bonds is 6. The minimum Gasteiger partial charge on any atom is -0.869 e. The van der Waals surface area contributed by atoms with E-state index in [9.17, 15) is 24.6 Å². The van der Waals surface area contributed by atoms with Gasteiger partial charge in [-0.05, 0) is 49.6 Å². The molecule has 0 aliphatic carbocycles. The Balaban J connectivity index is 0.00000210. The van der Waals surface area contributed by atoms with E-state index in [0.29, 0.717) is 19.4 Å². The molecule has 1 aliphatic heterocycles. The van der Waals surface area contributed by atoms with Crippen molar-refractivity contribution in [2.45, 2.75) is 45.4 Å². The summed E-state index contributed by atoms with van der Waals surface area (Å²) in [7, 11) is 0. The Hall–Kier alpha value is -0.890.